The molecule has 4 nitrogen and oxygen atoms in total. The minimum atomic E-state index is 0.136. The fourth-order valence-corrected chi connectivity index (χ4v) is 3.01. The third-order valence-electron chi connectivity index (χ3n) is 4.33. The summed E-state index contributed by atoms with van der Waals surface area (Å²) in [7, 11) is 0. The maximum Gasteiger partial charge on any atom is 0.256 e. The summed E-state index contributed by atoms with van der Waals surface area (Å²) in [6.45, 7) is 10.2. The van der Waals surface area contributed by atoms with Crippen molar-refractivity contribution in [1.29, 1.82) is 0 Å². The summed E-state index contributed by atoms with van der Waals surface area (Å²) in [5, 5.41) is 1.09. The molecule has 112 valence electrons. The molecule has 1 saturated heterocycles. The first-order valence-corrected chi connectivity index (χ1v) is 7.57. The van der Waals surface area contributed by atoms with Crippen molar-refractivity contribution in [2.45, 2.75) is 26.3 Å². The molecule has 0 saturated carbocycles. The van der Waals surface area contributed by atoms with E-state index in [1.54, 1.807) is 0 Å². The number of piperazine rings is 1. The van der Waals surface area contributed by atoms with Gasteiger partial charge in [0, 0.05) is 43.3 Å². The Morgan fingerprint density at radius 1 is 1.10 bits per heavy atom. The topological polar surface area (TPSA) is 39.3 Å². The van der Waals surface area contributed by atoms with E-state index in [2.05, 4.69) is 30.7 Å². The average Bonchev–Trinajstić information content (AvgIpc) is 2.94. The zero-order chi connectivity index (χ0) is 15.0. The number of benzene rings is 1. The van der Waals surface area contributed by atoms with Gasteiger partial charge in [0.1, 0.15) is 0 Å². The molecule has 1 amide bonds. The Hall–Kier alpha value is -1.81. The fraction of sp³-hybridized carbons (Fsp3) is 0.471. The van der Waals surface area contributed by atoms with Crippen molar-refractivity contribution in [2.24, 2.45) is 0 Å². The Kier molecular flexibility index (Phi) is 3.49. The van der Waals surface area contributed by atoms with Crippen LogP contribution in [0.1, 0.15) is 31.1 Å². The largest absolute Gasteiger partial charge is 0.361 e. The van der Waals surface area contributed by atoms with E-state index in [0.717, 1.165) is 42.6 Å². The maximum absolute atomic E-state index is 12.8. The van der Waals surface area contributed by atoms with Crippen LogP contribution in [0.2, 0.25) is 0 Å². The van der Waals surface area contributed by atoms with Crippen LogP contribution in [0.25, 0.3) is 10.9 Å². The van der Waals surface area contributed by atoms with E-state index in [4.69, 9.17) is 0 Å². The zero-order valence-corrected chi connectivity index (χ0v) is 13.0. The first-order valence-electron chi connectivity index (χ1n) is 7.57. The van der Waals surface area contributed by atoms with E-state index in [9.17, 15) is 4.79 Å². The van der Waals surface area contributed by atoms with Gasteiger partial charge in [0.15, 0.2) is 0 Å². The van der Waals surface area contributed by atoms with Crippen LogP contribution >= 0.6 is 0 Å². The van der Waals surface area contributed by atoms with E-state index in [1.165, 1.54) is 0 Å². The first kappa shape index (κ1) is 14.1. The number of para-hydroxylation sites is 1. The molecule has 0 bridgehead atoms. The van der Waals surface area contributed by atoms with Crippen LogP contribution in [0.3, 0.4) is 0 Å². The molecule has 1 aliphatic rings. The number of H-pyrrole nitrogens is 1. The minimum absolute atomic E-state index is 0.136. The Balaban J connectivity index is 1.77. The zero-order valence-electron chi connectivity index (χ0n) is 13.0. The number of nitrogens with zero attached hydrogens (tertiary/aromatic N) is 2. The lowest BCUT2D eigenvalue weighted by atomic mass is 10.0. The molecule has 21 heavy (non-hydrogen) atoms. The molecule has 1 N–H and O–H groups in total. The number of carbonyl (C=O) groups is 1. The molecule has 2 heterocycles. The van der Waals surface area contributed by atoms with Crippen LogP contribution < -0.4 is 0 Å². The predicted octanol–water partition coefficient (Wildman–Crippen LogP) is 2.72. The van der Waals surface area contributed by atoms with E-state index < -0.39 is 0 Å². The minimum Gasteiger partial charge on any atom is -0.361 e. The van der Waals surface area contributed by atoms with E-state index in [1.807, 2.05) is 35.4 Å². The van der Waals surface area contributed by atoms with Crippen LogP contribution in [-0.4, -0.2) is 52.4 Å². The summed E-state index contributed by atoms with van der Waals surface area (Å²) in [5.41, 5.74) is 1.90. The van der Waals surface area contributed by atoms with E-state index in [-0.39, 0.29) is 11.4 Å². The standard InChI is InChI=1S/C17H23N3O/c1-17(2,3)20-11-9-19(10-12-20)16(21)14-6-4-5-13-7-8-18-15(13)14/h4-8,18H,9-12H2,1-3H3. The Labute approximate surface area is 125 Å². The van der Waals surface area contributed by atoms with Crippen LogP contribution in [0.15, 0.2) is 30.5 Å². The van der Waals surface area contributed by atoms with Gasteiger partial charge in [0.2, 0.25) is 0 Å². The lowest BCUT2D eigenvalue weighted by molar-refractivity contribution is 0.0452. The Bertz CT molecular complexity index is 645. The van der Waals surface area contributed by atoms with Gasteiger partial charge in [-0.15, -0.1) is 0 Å². The van der Waals surface area contributed by atoms with Crippen LogP contribution in [0.4, 0.5) is 0 Å². The number of hydrogen-bond donors (Lipinski definition) is 1. The SMILES string of the molecule is CC(C)(C)N1CCN(C(=O)c2cccc3cc[nH]c23)CC1. The molecular weight excluding hydrogens is 262 g/mol. The van der Waals surface area contributed by atoms with Gasteiger partial charge >= 0.3 is 0 Å². The van der Waals surface area contributed by atoms with Gasteiger partial charge in [0.05, 0.1) is 11.1 Å². The second-order valence-corrected chi connectivity index (χ2v) is 6.70. The van der Waals surface area contributed by atoms with E-state index in [0.29, 0.717) is 0 Å². The normalized spacial score (nSPS) is 17.4. The second-order valence-electron chi connectivity index (χ2n) is 6.70. The molecule has 1 aromatic carbocycles. The molecule has 0 spiro atoms. The molecule has 1 fully saturated rings. The van der Waals surface area contributed by atoms with Crippen molar-refractivity contribution < 1.29 is 4.79 Å². The van der Waals surface area contributed by atoms with Gasteiger partial charge in [-0.3, -0.25) is 9.69 Å². The van der Waals surface area contributed by atoms with Gasteiger partial charge < -0.3 is 9.88 Å². The van der Waals surface area contributed by atoms with Crippen LogP contribution in [0, 0.1) is 0 Å². The summed E-state index contributed by atoms with van der Waals surface area (Å²) >= 11 is 0. The van der Waals surface area contributed by atoms with Crippen molar-refractivity contribution in [1.82, 2.24) is 14.8 Å². The van der Waals surface area contributed by atoms with Gasteiger partial charge in [-0.1, -0.05) is 12.1 Å². The quantitative estimate of drug-likeness (QED) is 0.875. The number of carbonyl (C=O) groups excluding carboxylic acids is 1. The van der Waals surface area contributed by atoms with Crippen molar-refractivity contribution in [3.05, 3.63) is 36.0 Å². The summed E-state index contributed by atoms with van der Waals surface area (Å²) in [5.74, 6) is 0.136. The molecule has 0 radical (unpaired) electrons. The first-order chi connectivity index (χ1) is 9.97. The van der Waals surface area contributed by atoms with Crippen molar-refractivity contribution in [2.75, 3.05) is 26.2 Å². The summed E-state index contributed by atoms with van der Waals surface area (Å²) in [6, 6.07) is 7.90. The van der Waals surface area contributed by atoms with Crippen molar-refractivity contribution in [3.8, 4) is 0 Å². The van der Waals surface area contributed by atoms with Crippen LogP contribution in [-0.2, 0) is 0 Å². The molecule has 1 aromatic heterocycles. The van der Waals surface area contributed by atoms with Gasteiger partial charge in [0.25, 0.3) is 5.91 Å². The highest BCUT2D eigenvalue weighted by Crippen LogP contribution is 2.21. The smallest absolute Gasteiger partial charge is 0.256 e. The van der Waals surface area contributed by atoms with Gasteiger partial charge in [-0.2, -0.15) is 0 Å². The highest BCUT2D eigenvalue weighted by atomic mass is 16.2. The molecule has 0 atom stereocenters. The summed E-state index contributed by atoms with van der Waals surface area (Å²) in [6.07, 6.45) is 1.89. The summed E-state index contributed by atoms with van der Waals surface area (Å²) in [4.78, 5) is 20.3. The highest BCUT2D eigenvalue weighted by Gasteiger charge is 2.28. The molecule has 1 aliphatic heterocycles. The van der Waals surface area contributed by atoms with Crippen molar-refractivity contribution >= 4 is 16.8 Å². The lowest BCUT2D eigenvalue weighted by Gasteiger charge is -2.42. The third-order valence-corrected chi connectivity index (χ3v) is 4.33. The maximum atomic E-state index is 12.8. The predicted molar refractivity (Wildman–Crippen MR) is 85.5 cm³/mol. The number of fused-ring (bicyclic) bond motifs is 1. The number of hydrogen-bond acceptors (Lipinski definition) is 2. The number of amides is 1. The monoisotopic (exact) mass is 285 g/mol. The molecule has 0 unspecified atom stereocenters. The lowest BCUT2D eigenvalue weighted by Crippen LogP contribution is -2.54. The summed E-state index contributed by atoms with van der Waals surface area (Å²) < 4.78 is 0. The number of aromatic nitrogens is 1. The molecule has 2 aromatic rings. The highest BCUT2D eigenvalue weighted by molar-refractivity contribution is 6.05. The Morgan fingerprint density at radius 2 is 1.81 bits per heavy atom. The van der Waals surface area contributed by atoms with Crippen molar-refractivity contribution in [3.63, 3.8) is 0 Å². The second kappa shape index (κ2) is 5.19. The molecular formula is C17H23N3O. The van der Waals surface area contributed by atoms with E-state index >= 15 is 0 Å². The third kappa shape index (κ3) is 2.68. The number of aromatic amines is 1. The number of nitrogens with one attached hydrogen (secondary N) is 1. The molecule has 3 rings (SSSR count). The van der Waals surface area contributed by atoms with Crippen LogP contribution in [0.5, 0.6) is 0 Å². The Morgan fingerprint density at radius 3 is 2.48 bits per heavy atom. The average molecular weight is 285 g/mol. The molecule has 4 heteroatoms. The van der Waals surface area contributed by atoms with Gasteiger partial charge in [-0.05, 0) is 32.9 Å². The fourth-order valence-electron chi connectivity index (χ4n) is 3.01. The molecule has 0 aliphatic carbocycles. The number of rotatable bonds is 1. The van der Waals surface area contributed by atoms with Gasteiger partial charge in [-0.25, -0.2) is 0 Å².